The fraction of sp³-hybridized carbons (Fsp3) is 0.452. The van der Waals surface area contributed by atoms with E-state index in [1.165, 1.54) is 26.2 Å². The van der Waals surface area contributed by atoms with E-state index in [0.29, 0.717) is 92.3 Å². The van der Waals surface area contributed by atoms with Crippen LogP contribution in [-0.4, -0.2) is 208 Å². The van der Waals surface area contributed by atoms with Crippen LogP contribution in [0.2, 0.25) is 0 Å². The SMILES string of the molecule is C/C=C(\C)C(=O)O.C/C=C(\C)C(=O)OC(=O)/C(C)=C/C.C/C=C(\C)C(=O)OCCOC.C/C=C(\C)C(=O)[O-].C/C=C/CO.C/C=C/COC(=O)/C(C)=C/C.C/C=C/OC(=O)/C(C)=C/C.CC(C)(C)[O-].CC=O.CCC=O.CCOC(=O)CC.CCOC(=O)CC.CO.COCCO.O=CO[O-].O=CO[O-].OCP(Br)(c1ccccc1)(c1ccccc1)c1ccccc1.[AlH3].[H-].[H-].[H-].[K+].[K+].[K+].[K+].[K+].[Li+].[Na+]. The third-order valence-electron chi connectivity index (χ3n) is 13.1. The summed E-state index contributed by atoms with van der Waals surface area (Å²) in [5, 5.41) is 78.7. The van der Waals surface area contributed by atoms with Crippen molar-refractivity contribution in [1.29, 1.82) is 0 Å². The Morgan fingerprint density at radius 2 is 0.733 bits per heavy atom. The normalized spacial score (nSPS) is 9.99. The molecule has 0 aliphatic rings. The molecule has 3 rings (SSSR count). The van der Waals surface area contributed by atoms with Crippen molar-refractivity contribution in [3.05, 3.63) is 209 Å². The first-order valence-corrected chi connectivity index (χ1v) is 43.7. The van der Waals surface area contributed by atoms with E-state index >= 15 is 0 Å². The molecule has 0 aliphatic heterocycles. The third-order valence-corrected chi connectivity index (χ3v) is 22.1. The van der Waals surface area contributed by atoms with Gasteiger partial charge >= 0.3 is 492 Å². The van der Waals surface area contributed by atoms with Crippen LogP contribution in [0.5, 0.6) is 0 Å². The molecule has 0 bridgehead atoms. The van der Waals surface area contributed by atoms with E-state index in [4.69, 9.17) is 59.5 Å². The van der Waals surface area contributed by atoms with Gasteiger partial charge < -0.3 is 107 Å². The first-order valence-electron chi connectivity index (χ1n) is 39.3. The first kappa shape index (κ1) is 190. The molecule has 0 fully saturated rings. The Balaban J connectivity index is -0.0000000439. The number of carboxylic acid groups (broad SMARTS) is 2. The van der Waals surface area contributed by atoms with Crippen LogP contribution in [0, 0.1) is 0 Å². The van der Waals surface area contributed by atoms with Crippen LogP contribution in [0.25, 0.3) is 0 Å². The number of benzene rings is 3. The van der Waals surface area contributed by atoms with Crippen molar-refractivity contribution in [2.24, 2.45) is 0 Å². The number of aldehydes is 2. The van der Waals surface area contributed by atoms with Gasteiger partial charge in [0.05, 0.1) is 51.9 Å². The number of hydrogen-bond donors (Lipinski definition) is 5. The van der Waals surface area contributed by atoms with E-state index in [0.717, 1.165) is 35.6 Å². The molecule has 3 aromatic carbocycles. The predicted octanol–water partition coefficient (Wildman–Crippen LogP) is -10.5. The summed E-state index contributed by atoms with van der Waals surface area (Å²) < 4.78 is 37.1. The number of methoxy groups -OCH3 is 2. The van der Waals surface area contributed by atoms with Gasteiger partial charge in [-0.2, -0.15) is 0 Å². The van der Waals surface area contributed by atoms with E-state index < -0.39 is 34.8 Å². The molecule has 135 heavy (non-hydrogen) atoms. The van der Waals surface area contributed by atoms with Crippen molar-refractivity contribution in [3.8, 4) is 0 Å². The molecule has 0 heterocycles. The zero-order valence-corrected chi connectivity index (χ0v) is 107. The number of hydrogen-bond acceptors (Lipinski definition) is 31. The molecule has 740 valence electrons. The van der Waals surface area contributed by atoms with Crippen LogP contribution in [-0.2, 0) is 110 Å². The fourth-order valence-electron chi connectivity index (χ4n) is 5.60. The number of carboxylic acids is 2. The van der Waals surface area contributed by atoms with Gasteiger partial charge in [0, 0.05) is 74.0 Å². The minimum Gasteiger partial charge on any atom is -1.00 e. The van der Waals surface area contributed by atoms with Crippen molar-refractivity contribution >= 4 is 133 Å². The summed E-state index contributed by atoms with van der Waals surface area (Å²) >= 11 is 4.10. The van der Waals surface area contributed by atoms with Crippen LogP contribution in [0.3, 0.4) is 0 Å². The molecule has 5 N–H and O–H groups in total. The molecule has 0 saturated heterocycles. The first-order chi connectivity index (χ1) is 59.8. The number of aliphatic carboxylic acids is 2. The predicted molar refractivity (Wildman–Crippen MR) is 509 cm³/mol. The number of aliphatic hydroxyl groups is 4. The van der Waals surface area contributed by atoms with Gasteiger partial charge in [-0.05, 0) is 144 Å². The molecule has 32 nitrogen and oxygen atoms in total. The number of carbonyl (C=O) groups is 13. The van der Waals surface area contributed by atoms with Gasteiger partial charge in [0.1, 0.15) is 25.8 Å². The molecule has 0 aliphatic carbocycles. The molecule has 0 atom stereocenters. The molecular formula is C93H154AlBrK5LiNaO32P. The Kier molecular flexibility index (Phi) is 206. The third kappa shape index (κ3) is 140. The molecule has 0 amide bonds. The Labute approximate surface area is 1080 Å². The maximum Gasteiger partial charge on any atom is 1.00 e. The molecular weight excluding hydrogens is 1990 g/mol. The van der Waals surface area contributed by atoms with Crippen molar-refractivity contribution < 1.29 is 466 Å². The quantitative estimate of drug-likeness (QED) is 0.00385. The van der Waals surface area contributed by atoms with Gasteiger partial charge in [0.15, 0.2) is 17.4 Å². The Morgan fingerprint density at radius 1 is 0.459 bits per heavy atom. The fourth-order valence-corrected chi connectivity index (χ4v) is 11.5. The van der Waals surface area contributed by atoms with Gasteiger partial charge in [-0.25, -0.2) is 28.8 Å². The number of ether oxygens (including phenoxy) is 8. The summed E-state index contributed by atoms with van der Waals surface area (Å²) in [5.74, 6) is -4.17. The summed E-state index contributed by atoms with van der Waals surface area (Å²) in [6.07, 6.45) is 24.8. The second kappa shape index (κ2) is 147. The molecule has 0 unspecified atom stereocenters. The molecule has 3 aromatic rings. The van der Waals surface area contributed by atoms with E-state index in [1.807, 2.05) is 88.4 Å². The van der Waals surface area contributed by atoms with Gasteiger partial charge in [0.25, 0.3) is 12.9 Å². The van der Waals surface area contributed by atoms with Crippen LogP contribution < -0.4 is 342 Å². The van der Waals surface area contributed by atoms with Gasteiger partial charge in [-0.3, -0.25) is 19.2 Å². The van der Waals surface area contributed by atoms with Crippen molar-refractivity contribution in [3.63, 3.8) is 0 Å². The average molecular weight is 2150 g/mol. The molecule has 0 spiro atoms. The van der Waals surface area contributed by atoms with Crippen LogP contribution in [0.15, 0.2) is 209 Å². The Bertz CT molecular complexity index is 3430. The van der Waals surface area contributed by atoms with E-state index in [-0.39, 0.29) is 395 Å². The number of halogens is 1. The molecule has 0 saturated carbocycles. The molecule has 0 radical (unpaired) electrons. The number of rotatable bonds is 27. The van der Waals surface area contributed by atoms with E-state index in [1.54, 1.807) is 213 Å². The van der Waals surface area contributed by atoms with Gasteiger partial charge in [-0.15, -0.1) is 5.60 Å². The standard InChI is InChI=1S/C19H18BrOP.C10H14O3.C9H14O2.C8H14O3.C8H12O2.2C5H10O2.2C5H8O2.C4H9O.C4H8O.C3H8O2.C3H6O.C2H4O.2CH2O3.CH4O.Al.5K.Li.Na.6H/c20-22(16-21,17-10-4-1-5-11-17,18-12-6-2-7-13-18)19-14-8-3-9-15-19;1-5-7(3)9(11)13-10(12)8(4)6-2;1-4-6-7-11-9(10)8(3)5-2;1-4-7(2)8(9)11-6-5-10-3;1-4-6-10-8(9)7(3)5-2;2*1-3-5(6)7-4-2;2*1-3-4(2)5(6)7;1-4(2,3)5;1-2-3-4-5;1-5-3-2-4;1-2-3-4;1-2-3;2*2-1-4-3;1-2;;;;;;;;;;;;;;/h1-15,21H,16H2;5-6H,1-4H3;4-6H,7H2,1-3H3;4H,5-6H2,1-3H3;4-6H,1-3H3;2*3-4H2,1-2H3;2*3H,1-2H3,(H,6,7);1-3H3;2-3,5H,4H2,1H3;4H,2-3H2,1H3;3H,2H2,1H3;2H,1H3;2*1,3H;2H,1H3;;;;;;;;;;;;;;/q;;;;;;;;;-1;;;;;;;;;7*+1;;;;3*-1/p-3/b;7-5+,8-6+;6-4+,8-5+;7-4+;6-4+,7-5+;;;2*4-3+;;3-2+;;;;;;;;;;;;;;;;;;;;. The Hall–Kier alpha value is -0.368. The summed E-state index contributed by atoms with van der Waals surface area (Å²) in [5.41, 5.74) is 2.67. The summed E-state index contributed by atoms with van der Waals surface area (Å²) in [4.78, 5) is 135. The van der Waals surface area contributed by atoms with Crippen molar-refractivity contribution in [1.82, 2.24) is 0 Å². The maximum atomic E-state index is 11.1. The zero-order valence-electron chi connectivity index (χ0n) is 90.0. The monoisotopic (exact) mass is 2140 g/mol. The maximum absolute atomic E-state index is 11.1. The summed E-state index contributed by atoms with van der Waals surface area (Å²) in [6.45, 7) is 46.9. The second-order valence-corrected chi connectivity index (χ2v) is 32.6. The van der Waals surface area contributed by atoms with E-state index in [2.05, 4.69) is 85.3 Å². The second-order valence-electron chi connectivity index (χ2n) is 23.7. The van der Waals surface area contributed by atoms with Crippen molar-refractivity contribution in [2.75, 3.05) is 80.5 Å². The van der Waals surface area contributed by atoms with E-state index in [9.17, 15) is 63.3 Å². The van der Waals surface area contributed by atoms with Crippen LogP contribution >= 0.6 is 20.8 Å². The number of allylic oxidation sites excluding steroid dienone is 10. The smallest absolute Gasteiger partial charge is 1.00 e. The topological polar surface area (TPSA) is 508 Å². The average Bonchev–Trinajstić information content (AvgIpc) is 0.710. The Morgan fingerprint density at radius 3 is 0.896 bits per heavy atom. The number of carbonyl (C=O) groups excluding carboxylic acids is 12. The zero-order chi connectivity index (χ0) is 102. The van der Waals surface area contributed by atoms with Crippen LogP contribution in [0.4, 0.5) is 0 Å². The van der Waals surface area contributed by atoms with Gasteiger partial charge in [-0.1, -0.05) is 114 Å². The number of esters is 7. The number of aliphatic hydroxyl groups excluding tert-OH is 4. The van der Waals surface area contributed by atoms with Gasteiger partial charge in [0.2, 0.25) is 0 Å². The van der Waals surface area contributed by atoms with Crippen LogP contribution in [0.1, 0.15) is 204 Å². The molecule has 42 heteroatoms. The van der Waals surface area contributed by atoms with Crippen molar-refractivity contribution in [2.45, 2.75) is 205 Å². The summed E-state index contributed by atoms with van der Waals surface area (Å²) in [6, 6.07) is 30.8. The largest absolute Gasteiger partial charge is 1.00 e. The minimum atomic E-state index is -3.03. The molecule has 0 aromatic heterocycles. The minimum absolute atomic E-state index is 0. The summed E-state index contributed by atoms with van der Waals surface area (Å²) in [7, 11) is 4.12.